The maximum atomic E-state index is 14.0. The van der Waals surface area contributed by atoms with Gasteiger partial charge in [0.2, 0.25) is 11.4 Å². The molecular formula is C28H31ClN2O6. The molecule has 0 amide bonds. The van der Waals surface area contributed by atoms with Crippen molar-refractivity contribution < 1.29 is 28.5 Å². The van der Waals surface area contributed by atoms with E-state index in [1.165, 1.54) is 25.9 Å². The highest BCUT2D eigenvalue weighted by atomic mass is 35.5. The van der Waals surface area contributed by atoms with Crippen LogP contribution in [-0.4, -0.2) is 62.6 Å². The lowest BCUT2D eigenvalue weighted by molar-refractivity contribution is -0.117. The minimum Gasteiger partial charge on any atom is -0.496 e. The molecule has 0 aromatic heterocycles. The number of carbonyl (C=O) groups is 2. The van der Waals surface area contributed by atoms with Gasteiger partial charge in [0.25, 0.3) is 0 Å². The third-order valence-electron chi connectivity index (χ3n) is 7.34. The average Bonchev–Trinajstić information content (AvgIpc) is 3.22. The normalized spacial score (nSPS) is 23.5. The zero-order chi connectivity index (χ0) is 26.2. The number of methoxy groups -OCH3 is 2. The molecule has 2 aliphatic heterocycles. The van der Waals surface area contributed by atoms with E-state index >= 15 is 0 Å². The van der Waals surface area contributed by atoms with Crippen LogP contribution in [0.3, 0.4) is 0 Å². The maximum absolute atomic E-state index is 14.0. The van der Waals surface area contributed by atoms with Gasteiger partial charge in [-0.05, 0) is 11.1 Å². The van der Waals surface area contributed by atoms with E-state index in [4.69, 9.17) is 30.5 Å². The first-order chi connectivity index (χ1) is 17.9. The minimum atomic E-state index is -1.41. The van der Waals surface area contributed by atoms with Gasteiger partial charge in [0, 0.05) is 50.7 Å². The molecule has 1 spiro atoms. The molecule has 2 heterocycles. The van der Waals surface area contributed by atoms with Gasteiger partial charge in [-0.3, -0.25) is 14.5 Å². The number of halogens is 1. The van der Waals surface area contributed by atoms with Crippen LogP contribution in [-0.2, 0) is 22.6 Å². The number of fused-ring (bicyclic) bond motifs is 1. The average molecular weight is 527 g/mol. The first-order valence-corrected chi connectivity index (χ1v) is 12.8. The van der Waals surface area contributed by atoms with Crippen molar-refractivity contribution in [2.75, 3.05) is 40.5 Å². The van der Waals surface area contributed by atoms with Gasteiger partial charge < -0.3 is 24.3 Å². The van der Waals surface area contributed by atoms with Crippen molar-refractivity contribution in [2.24, 2.45) is 5.92 Å². The van der Waals surface area contributed by atoms with Gasteiger partial charge in [0.1, 0.15) is 22.1 Å². The maximum Gasteiger partial charge on any atom is 0.220 e. The summed E-state index contributed by atoms with van der Waals surface area (Å²) in [6.45, 7) is 6.55. The van der Waals surface area contributed by atoms with Crippen LogP contribution in [0.25, 0.3) is 0 Å². The Balaban J connectivity index is 1.39. The predicted octanol–water partition coefficient (Wildman–Crippen LogP) is 3.79. The van der Waals surface area contributed by atoms with Gasteiger partial charge in [0.15, 0.2) is 11.5 Å². The zero-order valence-corrected chi connectivity index (χ0v) is 22.0. The second-order valence-corrected chi connectivity index (χ2v) is 10.0. The molecule has 8 nitrogen and oxygen atoms in total. The molecule has 3 aliphatic rings. The summed E-state index contributed by atoms with van der Waals surface area (Å²) in [5.74, 6) is 0.0991. The van der Waals surface area contributed by atoms with Crippen molar-refractivity contribution in [3.8, 4) is 17.2 Å². The highest BCUT2D eigenvalue weighted by Gasteiger charge is 2.58. The molecule has 1 saturated heterocycles. The number of allylic oxidation sites excluding steroid dienone is 1. The minimum absolute atomic E-state index is 0.0653. The van der Waals surface area contributed by atoms with Crippen LogP contribution >= 0.6 is 11.6 Å². The summed E-state index contributed by atoms with van der Waals surface area (Å²) in [7, 11) is 2.97. The van der Waals surface area contributed by atoms with Crippen molar-refractivity contribution in [1.29, 1.82) is 0 Å². The van der Waals surface area contributed by atoms with Crippen LogP contribution in [0, 0.1) is 5.92 Å². The Morgan fingerprint density at radius 3 is 2.43 bits per heavy atom. The van der Waals surface area contributed by atoms with Crippen LogP contribution in [0.15, 0.2) is 42.1 Å². The highest BCUT2D eigenvalue weighted by molar-refractivity contribution is 6.35. The molecule has 0 saturated carbocycles. The largest absolute Gasteiger partial charge is 0.496 e. The second kappa shape index (κ2) is 10.4. The number of morpholine rings is 1. The zero-order valence-electron chi connectivity index (χ0n) is 21.3. The van der Waals surface area contributed by atoms with E-state index in [0.717, 1.165) is 38.4 Å². The fourth-order valence-electron chi connectivity index (χ4n) is 5.30. The van der Waals surface area contributed by atoms with E-state index < -0.39 is 11.5 Å². The smallest absolute Gasteiger partial charge is 0.220 e. The van der Waals surface area contributed by atoms with E-state index in [9.17, 15) is 9.59 Å². The lowest BCUT2D eigenvalue weighted by Crippen LogP contribution is -2.54. The first kappa shape index (κ1) is 25.6. The van der Waals surface area contributed by atoms with E-state index in [1.807, 2.05) is 6.92 Å². The first-order valence-electron chi connectivity index (χ1n) is 12.4. The SMILES string of the molecule is COc1cc(OC)c2c(c1Cl)O[C@]1(C2=O)C(NCc2ccc(CN3CCOCC3)cc2)=CC(=O)C[C@H]1C. The van der Waals surface area contributed by atoms with Gasteiger partial charge >= 0.3 is 0 Å². The Morgan fingerprint density at radius 2 is 1.76 bits per heavy atom. The fourth-order valence-corrected chi connectivity index (χ4v) is 5.57. The number of hydrogen-bond donors (Lipinski definition) is 1. The molecule has 0 unspecified atom stereocenters. The predicted molar refractivity (Wildman–Crippen MR) is 138 cm³/mol. The van der Waals surface area contributed by atoms with Crippen LogP contribution in [0.4, 0.5) is 0 Å². The van der Waals surface area contributed by atoms with Gasteiger partial charge in [0.05, 0.1) is 33.1 Å². The summed E-state index contributed by atoms with van der Waals surface area (Å²) in [5.41, 5.74) is 1.52. The van der Waals surface area contributed by atoms with E-state index in [0.29, 0.717) is 23.7 Å². The molecule has 2 atom stereocenters. The van der Waals surface area contributed by atoms with Crippen molar-refractivity contribution >= 4 is 23.2 Å². The molecule has 0 bridgehead atoms. The van der Waals surface area contributed by atoms with Gasteiger partial charge in [-0.25, -0.2) is 0 Å². The van der Waals surface area contributed by atoms with Crippen molar-refractivity contribution in [3.63, 3.8) is 0 Å². The van der Waals surface area contributed by atoms with Crippen LogP contribution in [0.5, 0.6) is 17.2 Å². The Kier molecular flexibility index (Phi) is 7.16. The number of rotatable bonds is 7. The number of Topliss-reactive ketones (excluding diaryl/α,β-unsaturated/α-hetero) is 1. The summed E-state index contributed by atoms with van der Waals surface area (Å²) < 4.78 is 22.7. The molecule has 9 heteroatoms. The number of carbonyl (C=O) groups excluding carboxylic acids is 2. The number of nitrogens with zero attached hydrogens (tertiary/aromatic N) is 1. The standard InChI is InChI=1S/C28H31ClN2O6/c1-17-12-20(32)13-23(30-15-18-4-6-19(7-5-18)16-31-8-10-36-11-9-31)28(17)27(33)24-21(34-2)14-22(35-3)25(29)26(24)37-28/h4-7,13-14,17,30H,8-12,15-16H2,1-3H3/t17-,28+/m1/s1. The van der Waals surface area contributed by atoms with Crippen molar-refractivity contribution in [1.82, 2.24) is 10.2 Å². The third kappa shape index (κ3) is 4.58. The lowest BCUT2D eigenvalue weighted by Gasteiger charge is -2.38. The van der Waals surface area contributed by atoms with E-state index in [2.05, 4.69) is 34.5 Å². The number of ether oxygens (including phenoxy) is 4. The van der Waals surface area contributed by atoms with Crippen molar-refractivity contribution in [3.05, 3.63) is 63.8 Å². The molecule has 2 aromatic rings. The molecule has 1 aliphatic carbocycles. The number of nitrogens with one attached hydrogen (secondary N) is 1. The van der Waals surface area contributed by atoms with Crippen LogP contribution < -0.4 is 19.5 Å². The van der Waals surface area contributed by atoms with Crippen molar-refractivity contribution in [2.45, 2.75) is 32.0 Å². The molecule has 37 heavy (non-hydrogen) atoms. The van der Waals surface area contributed by atoms with E-state index in [-0.39, 0.29) is 34.3 Å². The second-order valence-electron chi connectivity index (χ2n) is 9.65. The van der Waals surface area contributed by atoms with Gasteiger partial charge in [-0.1, -0.05) is 42.8 Å². The number of benzene rings is 2. The van der Waals surface area contributed by atoms with Crippen LogP contribution in [0.2, 0.25) is 5.02 Å². The fraction of sp³-hybridized carbons (Fsp3) is 0.429. The quantitative estimate of drug-likeness (QED) is 0.583. The summed E-state index contributed by atoms with van der Waals surface area (Å²) in [6.07, 6.45) is 1.66. The third-order valence-corrected chi connectivity index (χ3v) is 7.70. The molecule has 2 aromatic carbocycles. The van der Waals surface area contributed by atoms with E-state index in [1.54, 1.807) is 6.07 Å². The molecule has 0 radical (unpaired) electrons. The molecule has 1 N–H and O–H groups in total. The van der Waals surface area contributed by atoms with Crippen LogP contribution in [0.1, 0.15) is 34.8 Å². The Hall–Kier alpha value is -3.07. The summed E-state index contributed by atoms with van der Waals surface area (Å²) in [6, 6.07) is 9.90. The molecule has 196 valence electrons. The Bertz CT molecular complexity index is 1240. The summed E-state index contributed by atoms with van der Waals surface area (Å²) >= 11 is 6.56. The number of ketones is 2. The lowest BCUT2D eigenvalue weighted by atomic mass is 9.74. The molecule has 1 fully saturated rings. The Morgan fingerprint density at radius 1 is 1.08 bits per heavy atom. The summed E-state index contributed by atoms with van der Waals surface area (Å²) in [4.78, 5) is 28.9. The topological polar surface area (TPSA) is 86.3 Å². The van der Waals surface area contributed by atoms with Gasteiger partial charge in [-0.15, -0.1) is 0 Å². The number of hydrogen-bond acceptors (Lipinski definition) is 8. The monoisotopic (exact) mass is 526 g/mol. The Labute approximate surface area is 221 Å². The molecular weight excluding hydrogens is 496 g/mol. The highest BCUT2D eigenvalue weighted by Crippen LogP contribution is 2.54. The van der Waals surface area contributed by atoms with Gasteiger partial charge in [-0.2, -0.15) is 0 Å². The summed E-state index contributed by atoms with van der Waals surface area (Å²) in [5, 5.41) is 3.53. The molecule has 5 rings (SSSR count).